The van der Waals surface area contributed by atoms with Crippen molar-refractivity contribution in [2.24, 2.45) is 0 Å². The Morgan fingerprint density at radius 2 is 1.71 bits per heavy atom. The number of rotatable bonds is 10. The van der Waals surface area contributed by atoms with Crippen LogP contribution in [0.2, 0.25) is 5.02 Å². The average Bonchev–Trinajstić information content (AvgIpc) is 2.87. The van der Waals surface area contributed by atoms with Crippen LogP contribution in [0.25, 0.3) is 0 Å². The van der Waals surface area contributed by atoms with Gasteiger partial charge in [0.05, 0.1) is 11.5 Å². The highest BCUT2D eigenvalue weighted by Crippen LogP contribution is 2.29. The van der Waals surface area contributed by atoms with E-state index < -0.39 is 10.0 Å². The molecule has 0 amide bonds. The van der Waals surface area contributed by atoms with Gasteiger partial charge in [0.2, 0.25) is 10.0 Å². The van der Waals surface area contributed by atoms with Crippen LogP contribution < -0.4 is 4.74 Å². The summed E-state index contributed by atoms with van der Waals surface area (Å²) in [6.07, 6.45) is 6.21. The molecule has 2 aromatic rings. The summed E-state index contributed by atoms with van der Waals surface area (Å²) < 4.78 is 40.7. The third-order valence-corrected chi connectivity index (χ3v) is 8.81. The van der Waals surface area contributed by atoms with E-state index in [1.165, 1.54) is 32.4 Å². The van der Waals surface area contributed by atoms with E-state index in [9.17, 15) is 8.42 Å². The molecule has 0 N–H and O–H groups in total. The molecule has 2 fully saturated rings. The Morgan fingerprint density at radius 1 is 1.00 bits per heavy atom. The summed E-state index contributed by atoms with van der Waals surface area (Å²) in [5.41, 5.74) is 0.879. The molecule has 0 unspecified atom stereocenters. The molecule has 2 aromatic carbocycles. The lowest BCUT2D eigenvalue weighted by Crippen LogP contribution is -2.43. The SMILES string of the molecule is O=S(=O)(c1ccc(Cl)cc1)N(Cc1ccccc1OCCCN1CCCCC1)C1CCOCC1. The summed E-state index contributed by atoms with van der Waals surface area (Å²) in [4.78, 5) is 2.76. The Bertz CT molecular complexity index is 1000. The van der Waals surface area contributed by atoms with Gasteiger partial charge in [0.15, 0.2) is 0 Å². The zero-order valence-electron chi connectivity index (χ0n) is 19.7. The van der Waals surface area contributed by atoms with Crippen molar-refractivity contribution in [3.05, 3.63) is 59.1 Å². The van der Waals surface area contributed by atoms with Crippen LogP contribution >= 0.6 is 11.6 Å². The van der Waals surface area contributed by atoms with E-state index in [0.717, 1.165) is 24.3 Å². The first-order chi connectivity index (χ1) is 16.5. The zero-order valence-corrected chi connectivity index (χ0v) is 21.3. The third kappa shape index (κ3) is 6.73. The smallest absolute Gasteiger partial charge is 0.243 e. The normalized spacial score (nSPS) is 18.3. The predicted octanol–water partition coefficient (Wildman–Crippen LogP) is 4.96. The first-order valence-corrected chi connectivity index (χ1v) is 14.1. The number of halogens is 1. The molecule has 6 nitrogen and oxygen atoms in total. The van der Waals surface area contributed by atoms with Crippen molar-refractivity contribution in [1.29, 1.82) is 0 Å². The van der Waals surface area contributed by atoms with Crippen LogP contribution in [0.1, 0.15) is 44.1 Å². The highest BCUT2D eigenvalue weighted by molar-refractivity contribution is 7.89. The molecule has 0 bridgehead atoms. The number of hydrogen-bond donors (Lipinski definition) is 0. The van der Waals surface area contributed by atoms with Gasteiger partial charge in [0, 0.05) is 42.9 Å². The predicted molar refractivity (Wildman–Crippen MR) is 135 cm³/mol. The zero-order chi connectivity index (χ0) is 23.8. The van der Waals surface area contributed by atoms with Gasteiger partial charge in [-0.2, -0.15) is 4.31 Å². The number of sulfonamides is 1. The molecule has 0 spiro atoms. The van der Waals surface area contributed by atoms with Crippen molar-refractivity contribution in [2.45, 2.75) is 56.0 Å². The molecule has 2 saturated heterocycles. The first-order valence-electron chi connectivity index (χ1n) is 12.3. The van der Waals surface area contributed by atoms with Crippen molar-refractivity contribution >= 4 is 21.6 Å². The van der Waals surface area contributed by atoms with Crippen molar-refractivity contribution < 1.29 is 17.9 Å². The van der Waals surface area contributed by atoms with Crippen LogP contribution in [0.15, 0.2) is 53.4 Å². The molecule has 2 aliphatic heterocycles. The lowest BCUT2D eigenvalue weighted by atomic mass is 10.1. The van der Waals surface area contributed by atoms with E-state index in [0.29, 0.717) is 37.7 Å². The molecule has 0 aromatic heterocycles. The van der Waals surface area contributed by atoms with Gasteiger partial charge >= 0.3 is 0 Å². The van der Waals surface area contributed by atoms with Crippen molar-refractivity contribution in [1.82, 2.24) is 9.21 Å². The minimum Gasteiger partial charge on any atom is -0.493 e. The Hall–Kier alpha value is -1.64. The summed E-state index contributed by atoms with van der Waals surface area (Å²) in [5, 5.41) is 0.514. The fourth-order valence-electron chi connectivity index (χ4n) is 4.72. The Balaban J connectivity index is 1.48. The number of nitrogens with zero attached hydrogens (tertiary/aromatic N) is 2. The van der Waals surface area contributed by atoms with E-state index in [2.05, 4.69) is 4.90 Å². The van der Waals surface area contributed by atoms with Gasteiger partial charge in [-0.25, -0.2) is 8.42 Å². The van der Waals surface area contributed by atoms with E-state index in [4.69, 9.17) is 21.1 Å². The van der Waals surface area contributed by atoms with Gasteiger partial charge < -0.3 is 14.4 Å². The fourth-order valence-corrected chi connectivity index (χ4v) is 6.51. The molecular formula is C26H35ClN2O4S. The molecule has 34 heavy (non-hydrogen) atoms. The maximum Gasteiger partial charge on any atom is 0.243 e. The van der Waals surface area contributed by atoms with Crippen LogP contribution in [-0.2, 0) is 21.3 Å². The highest BCUT2D eigenvalue weighted by atomic mass is 35.5. The van der Waals surface area contributed by atoms with Gasteiger partial charge in [-0.05, 0) is 75.5 Å². The molecule has 0 aliphatic carbocycles. The van der Waals surface area contributed by atoms with E-state index >= 15 is 0 Å². The lowest BCUT2D eigenvalue weighted by molar-refractivity contribution is 0.0568. The Kier molecular flexibility index (Phi) is 9.25. The van der Waals surface area contributed by atoms with Crippen molar-refractivity contribution in [3.8, 4) is 5.75 Å². The van der Waals surface area contributed by atoms with Crippen LogP contribution in [-0.4, -0.2) is 63.1 Å². The average molecular weight is 507 g/mol. The quantitative estimate of drug-likeness (QED) is 0.426. The van der Waals surface area contributed by atoms with E-state index in [1.54, 1.807) is 28.6 Å². The van der Waals surface area contributed by atoms with Crippen LogP contribution in [0, 0.1) is 0 Å². The largest absolute Gasteiger partial charge is 0.493 e. The minimum atomic E-state index is -3.72. The molecular weight excluding hydrogens is 472 g/mol. The second-order valence-electron chi connectivity index (χ2n) is 9.06. The highest BCUT2D eigenvalue weighted by Gasteiger charge is 2.33. The van der Waals surface area contributed by atoms with Crippen LogP contribution in [0.3, 0.4) is 0 Å². The standard InChI is InChI=1S/C26H35ClN2O4S/c27-23-9-11-25(12-10-23)34(30,31)29(24-13-19-32-20-14-24)21-22-7-2-3-8-26(22)33-18-6-17-28-15-4-1-5-16-28/h2-3,7-12,24H,1,4-6,13-21H2. The Morgan fingerprint density at radius 3 is 2.44 bits per heavy atom. The number of likely N-dealkylation sites (tertiary alicyclic amines) is 1. The van der Waals surface area contributed by atoms with Gasteiger partial charge in [-0.3, -0.25) is 0 Å². The van der Waals surface area contributed by atoms with Crippen LogP contribution in [0.5, 0.6) is 5.75 Å². The van der Waals surface area contributed by atoms with Crippen molar-refractivity contribution in [2.75, 3.05) is 39.5 Å². The first kappa shape index (κ1) is 25.5. The molecule has 0 radical (unpaired) electrons. The Labute approximate surface area is 208 Å². The number of ether oxygens (including phenoxy) is 2. The van der Waals surface area contributed by atoms with Crippen LogP contribution in [0.4, 0.5) is 0 Å². The summed E-state index contributed by atoms with van der Waals surface area (Å²) >= 11 is 6.01. The molecule has 0 atom stereocenters. The van der Waals surface area contributed by atoms with Gasteiger partial charge in [-0.1, -0.05) is 36.2 Å². The third-order valence-electron chi connectivity index (χ3n) is 6.64. The summed E-state index contributed by atoms with van der Waals surface area (Å²) in [7, 11) is -3.72. The second kappa shape index (κ2) is 12.4. The second-order valence-corrected chi connectivity index (χ2v) is 11.4. The van der Waals surface area contributed by atoms with Gasteiger partial charge in [-0.15, -0.1) is 0 Å². The van der Waals surface area contributed by atoms with Crippen molar-refractivity contribution in [3.63, 3.8) is 0 Å². The molecule has 4 rings (SSSR count). The molecule has 8 heteroatoms. The number of benzene rings is 2. The maximum atomic E-state index is 13.7. The molecule has 0 saturated carbocycles. The molecule has 186 valence electrons. The summed E-state index contributed by atoms with van der Waals surface area (Å²) in [6, 6.07) is 14.0. The topological polar surface area (TPSA) is 59.1 Å². The minimum absolute atomic E-state index is 0.124. The van der Waals surface area contributed by atoms with E-state index in [-0.39, 0.29) is 17.5 Å². The summed E-state index contributed by atoms with van der Waals surface area (Å²) in [5.74, 6) is 0.754. The van der Waals surface area contributed by atoms with E-state index in [1.807, 2.05) is 24.3 Å². The number of para-hydroxylation sites is 1. The fraction of sp³-hybridized carbons (Fsp3) is 0.538. The van der Waals surface area contributed by atoms with Gasteiger partial charge in [0.25, 0.3) is 0 Å². The van der Waals surface area contributed by atoms with Gasteiger partial charge in [0.1, 0.15) is 5.75 Å². The number of piperidine rings is 1. The summed E-state index contributed by atoms with van der Waals surface area (Å²) in [6.45, 7) is 5.41. The monoisotopic (exact) mass is 506 g/mol. The number of hydrogen-bond acceptors (Lipinski definition) is 5. The maximum absolute atomic E-state index is 13.7. The molecule has 2 heterocycles. The lowest BCUT2D eigenvalue weighted by Gasteiger charge is -2.33. The molecule has 2 aliphatic rings.